The molecule has 1 amide bonds. The average molecular weight is 419 g/mol. The van der Waals surface area contributed by atoms with Gasteiger partial charge < -0.3 is 16.0 Å². The molecule has 0 saturated carbocycles. The second kappa shape index (κ2) is 11.0. The maximum Gasteiger partial charge on any atom is 0.251 e. The quantitative estimate of drug-likeness (QED) is 0.388. The van der Waals surface area contributed by atoms with Gasteiger partial charge in [-0.1, -0.05) is 24.3 Å². The first kappa shape index (κ1) is 22.1. The average Bonchev–Trinajstić information content (AvgIpc) is 3.34. The molecule has 1 unspecified atom stereocenters. The Morgan fingerprint density at radius 2 is 2.00 bits per heavy atom. The molecule has 2 aromatic carbocycles. The molecule has 7 nitrogen and oxygen atoms in total. The van der Waals surface area contributed by atoms with Crippen LogP contribution in [-0.4, -0.2) is 41.8 Å². The van der Waals surface area contributed by atoms with Crippen molar-refractivity contribution < 1.29 is 4.79 Å². The fourth-order valence-corrected chi connectivity index (χ4v) is 3.28. The van der Waals surface area contributed by atoms with E-state index in [1.54, 1.807) is 13.2 Å². The molecule has 0 aliphatic rings. The van der Waals surface area contributed by atoms with Crippen LogP contribution in [-0.2, 0) is 6.42 Å². The molecule has 1 heterocycles. The van der Waals surface area contributed by atoms with Gasteiger partial charge >= 0.3 is 0 Å². The molecule has 0 bridgehead atoms. The van der Waals surface area contributed by atoms with E-state index in [4.69, 9.17) is 4.99 Å². The second-order valence-electron chi connectivity index (χ2n) is 7.20. The number of carbonyl (C=O) groups excluding carboxylic acids is 1. The van der Waals surface area contributed by atoms with Crippen molar-refractivity contribution in [1.29, 1.82) is 0 Å². The Bertz CT molecular complexity index is 1010. The highest BCUT2D eigenvalue weighted by Gasteiger charge is 2.09. The van der Waals surface area contributed by atoms with E-state index < -0.39 is 0 Å². The Labute approximate surface area is 183 Å². The van der Waals surface area contributed by atoms with E-state index in [9.17, 15) is 4.79 Å². The summed E-state index contributed by atoms with van der Waals surface area (Å²) in [6, 6.07) is 17.9. The van der Waals surface area contributed by atoms with Gasteiger partial charge in [-0.05, 0) is 61.7 Å². The van der Waals surface area contributed by atoms with Gasteiger partial charge in [-0.15, -0.1) is 0 Å². The Morgan fingerprint density at radius 1 is 1.16 bits per heavy atom. The van der Waals surface area contributed by atoms with Gasteiger partial charge in [0, 0.05) is 38.1 Å². The number of guanidine groups is 1. The van der Waals surface area contributed by atoms with Crippen molar-refractivity contribution in [3.8, 4) is 5.69 Å². The molecular weight excluding hydrogens is 388 g/mol. The molecule has 7 heteroatoms. The summed E-state index contributed by atoms with van der Waals surface area (Å²) in [5, 5.41) is 13.7. The van der Waals surface area contributed by atoms with Crippen LogP contribution in [0.5, 0.6) is 0 Å². The molecular formula is C24H30N6O. The lowest BCUT2D eigenvalue weighted by Gasteiger charge is -2.19. The van der Waals surface area contributed by atoms with E-state index in [2.05, 4.69) is 40.1 Å². The normalized spacial score (nSPS) is 12.3. The Balaban J connectivity index is 1.65. The van der Waals surface area contributed by atoms with Gasteiger partial charge in [0.15, 0.2) is 5.96 Å². The highest BCUT2D eigenvalue weighted by molar-refractivity contribution is 5.94. The summed E-state index contributed by atoms with van der Waals surface area (Å²) in [4.78, 5) is 16.5. The number of benzene rings is 2. The van der Waals surface area contributed by atoms with E-state index in [1.165, 1.54) is 0 Å². The third kappa shape index (κ3) is 6.18. The minimum absolute atomic E-state index is 0.0740. The number of amides is 1. The molecule has 0 radical (unpaired) electrons. The summed E-state index contributed by atoms with van der Waals surface area (Å²) < 4.78 is 1.85. The smallest absolute Gasteiger partial charge is 0.251 e. The summed E-state index contributed by atoms with van der Waals surface area (Å²) in [6.07, 6.45) is 4.46. The molecule has 3 rings (SSSR count). The number of nitrogens with one attached hydrogen (secondary N) is 3. The van der Waals surface area contributed by atoms with Crippen LogP contribution >= 0.6 is 0 Å². The predicted octanol–water partition coefficient (Wildman–Crippen LogP) is 3.09. The van der Waals surface area contributed by atoms with E-state index in [1.807, 2.05) is 60.3 Å². The van der Waals surface area contributed by atoms with Crippen molar-refractivity contribution in [2.75, 3.05) is 20.1 Å². The first-order valence-corrected chi connectivity index (χ1v) is 10.6. The highest BCUT2D eigenvalue weighted by Crippen LogP contribution is 2.16. The third-order valence-electron chi connectivity index (χ3n) is 4.92. The van der Waals surface area contributed by atoms with Gasteiger partial charge in [0.25, 0.3) is 5.91 Å². The van der Waals surface area contributed by atoms with Crippen molar-refractivity contribution in [3.63, 3.8) is 0 Å². The van der Waals surface area contributed by atoms with Crippen LogP contribution in [0.4, 0.5) is 0 Å². The van der Waals surface area contributed by atoms with Gasteiger partial charge in [0.2, 0.25) is 0 Å². The van der Waals surface area contributed by atoms with Gasteiger partial charge in [-0.2, -0.15) is 5.10 Å². The minimum Gasteiger partial charge on any atom is -0.357 e. The molecule has 3 aromatic rings. The van der Waals surface area contributed by atoms with Crippen LogP contribution in [0, 0.1) is 0 Å². The molecule has 0 aliphatic heterocycles. The number of hydrogen-bond donors (Lipinski definition) is 3. The lowest BCUT2D eigenvalue weighted by atomic mass is 10.1. The van der Waals surface area contributed by atoms with Crippen LogP contribution in [0.15, 0.2) is 72.0 Å². The van der Waals surface area contributed by atoms with Crippen molar-refractivity contribution in [2.45, 2.75) is 26.3 Å². The van der Waals surface area contributed by atoms with Crippen molar-refractivity contribution in [1.82, 2.24) is 25.7 Å². The maximum absolute atomic E-state index is 11.8. The summed E-state index contributed by atoms with van der Waals surface area (Å²) in [5.41, 5.74) is 3.92. The summed E-state index contributed by atoms with van der Waals surface area (Å²) in [6.45, 7) is 5.56. The Morgan fingerprint density at radius 3 is 2.74 bits per heavy atom. The van der Waals surface area contributed by atoms with Crippen LogP contribution in [0.1, 0.15) is 41.4 Å². The molecule has 162 valence electrons. The van der Waals surface area contributed by atoms with E-state index in [0.29, 0.717) is 12.1 Å². The molecule has 0 fully saturated rings. The SMILES string of the molecule is CCNC(=NCCc1cccc(C(=O)NC)c1)NC(C)c1cccc(-n2cccn2)c1. The first-order valence-electron chi connectivity index (χ1n) is 10.6. The second-order valence-corrected chi connectivity index (χ2v) is 7.20. The van der Waals surface area contributed by atoms with Crippen LogP contribution in [0.2, 0.25) is 0 Å². The minimum atomic E-state index is -0.0773. The van der Waals surface area contributed by atoms with Gasteiger partial charge in [0.1, 0.15) is 0 Å². The maximum atomic E-state index is 11.8. The first-order chi connectivity index (χ1) is 15.1. The number of hydrogen-bond acceptors (Lipinski definition) is 3. The molecule has 1 atom stereocenters. The van der Waals surface area contributed by atoms with Crippen LogP contribution in [0.3, 0.4) is 0 Å². The standard InChI is InChI=1S/C24H30N6O/c1-4-26-24(27-14-12-19-8-5-10-21(16-19)23(31)25-3)29-18(2)20-9-6-11-22(17-20)30-15-7-13-28-30/h5-11,13,15-18H,4,12,14H2,1-3H3,(H,25,31)(H2,26,27,29). The van der Waals surface area contributed by atoms with E-state index in [-0.39, 0.29) is 11.9 Å². The van der Waals surface area contributed by atoms with Crippen molar-refractivity contribution in [2.24, 2.45) is 4.99 Å². The summed E-state index contributed by atoms with van der Waals surface area (Å²) in [7, 11) is 1.64. The third-order valence-corrected chi connectivity index (χ3v) is 4.92. The summed E-state index contributed by atoms with van der Waals surface area (Å²) in [5.74, 6) is 0.688. The molecule has 31 heavy (non-hydrogen) atoms. The number of rotatable bonds is 8. The van der Waals surface area contributed by atoms with Crippen molar-refractivity contribution >= 4 is 11.9 Å². The molecule has 0 spiro atoms. The largest absolute Gasteiger partial charge is 0.357 e. The summed E-state index contributed by atoms with van der Waals surface area (Å²) >= 11 is 0. The number of aliphatic imine (C=N–C) groups is 1. The monoisotopic (exact) mass is 418 g/mol. The van der Waals surface area contributed by atoms with Gasteiger partial charge in [-0.25, -0.2) is 4.68 Å². The van der Waals surface area contributed by atoms with Crippen molar-refractivity contribution in [3.05, 3.63) is 83.7 Å². The van der Waals surface area contributed by atoms with Crippen LogP contribution in [0.25, 0.3) is 5.69 Å². The zero-order valence-corrected chi connectivity index (χ0v) is 18.3. The highest BCUT2D eigenvalue weighted by atomic mass is 16.1. The molecule has 1 aromatic heterocycles. The molecule has 0 saturated heterocycles. The Hall–Kier alpha value is -3.61. The molecule has 0 aliphatic carbocycles. The number of nitrogens with zero attached hydrogens (tertiary/aromatic N) is 3. The Kier molecular flexibility index (Phi) is 7.81. The fourth-order valence-electron chi connectivity index (χ4n) is 3.28. The van der Waals surface area contributed by atoms with E-state index >= 15 is 0 Å². The predicted molar refractivity (Wildman–Crippen MR) is 125 cm³/mol. The fraction of sp³-hybridized carbons (Fsp3) is 0.292. The van der Waals surface area contributed by atoms with Crippen LogP contribution < -0.4 is 16.0 Å². The lowest BCUT2D eigenvalue weighted by Crippen LogP contribution is -2.38. The van der Waals surface area contributed by atoms with Gasteiger partial charge in [0.05, 0.1) is 11.7 Å². The van der Waals surface area contributed by atoms with Gasteiger partial charge in [-0.3, -0.25) is 9.79 Å². The number of aromatic nitrogens is 2. The number of carbonyl (C=O) groups is 1. The van der Waals surface area contributed by atoms with E-state index in [0.717, 1.165) is 35.7 Å². The zero-order valence-electron chi connectivity index (χ0n) is 18.3. The topological polar surface area (TPSA) is 83.3 Å². The lowest BCUT2D eigenvalue weighted by molar-refractivity contribution is 0.0963. The zero-order chi connectivity index (χ0) is 22.1. The molecule has 3 N–H and O–H groups in total.